The van der Waals surface area contributed by atoms with Gasteiger partial charge in [0, 0.05) is 25.2 Å². The van der Waals surface area contributed by atoms with Gasteiger partial charge in [-0.3, -0.25) is 0 Å². The number of imidazole rings is 1. The number of aryl methyl sites for hydroxylation is 1. The van der Waals surface area contributed by atoms with Crippen LogP contribution in [0.3, 0.4) is 0 Å². The third kappa shape index (κ3) is 4.68. The lowest BCUT2D eigenvalue weighted by molar-refractivity contribution is 0.0259. The summed E-state index contributed by atoms with van der Waals surface area (Å²) in [6, 6.07) is 5.68. The SMILES string of the molecule is CC(C)COCC(O)CNCc1nc2cc(Cl)ccc2n1C. The summed E-state index contributed by atoms with van der Waals surface area (Å²) < 4.78 is 7.45. The van der Waals surface area contributed by atoms with Gasteiger partial charge in [-0.25, -0.2) is 4.98 Å². The zero-order chi connectivity index (χ0) is 16.1. The second-order valence-electron chi connectivity index (χ2n) is 5.94. The topological polar surface area (TPSA) is 59.3 Å². The predicted molar refractivity (Wildman–Crippen MR) is 89.1 cm³/mol. The number of nitrogens with zero attached hydrogens (tertiary/aromatic N) is 2. The third-order valence-electron chi connectivity index (χ3n) is 3.36. The molecule has 1 aromatic carbocycles. The lowest BCUT2D eigenvalue weighted by atomic mass is 10.2. The van der Waals surface area contributed by atoms with Crippen LogP contribution >= 0.6 is 11.6 Å². The van der Waals surface area contributed by atoms with E-state index >= 15 is 0 Å². The number of nitrogens with one attached hydrogen (secondary N) is 1. The highest BCUT2D eigenvalue weighted by atomic mass is 35.5. The second kappa shape index (κ2) is 7.92. The van der Waals surface area contributed by atoms with Gasteiger partial charge < -0.3 is 19.7 Å². The van der Waals surface area contributed by atoms with Crippen LogP contribution in [0.25, 0.3) is 11.0 Å². The molecular weight excluding hydrogens is 302 g/mol. The molecule has 1 atom stereocenters. The molecule has 1 unspecified atom stereocenters. The van der Waals surface area contributed by atoms with E-state index in [-0.39, 0.29) is 0 Å². The number of aromatic nitrogens is 2. The Morgan fingerprint density at radius 3 is 2.86 bits per heavy atom. The Labute approximate surface area is 136 Å². The van der Waals surface area contributed by atoms with E-state index in [0.29, 0.717) is 37.2 Å². The van der Waals surface area contributed by atoms with Crippen LogP contribution in [0, 0.1) is 5.92 Å². The summed E-state index contributed by atoms with van der Waals surface area (Å²) in [6.45, 7) is 6.25. The van der Waals surface area contributed by atoms with Crippen molar-refractivity contribution < 1.29 is 9.84 Å². The number of rotatable bonds is 8. The lowest BCUT2D eigenvalue weighted by Gasteiger charge is -2.13. The summed E-state index contributed by atoms with van der Waals surface area (Å²) in [6.07, 6.45) is -0.511. The molecule has 6 heteroatoms. The van der Waals surface area contributed by atoms with Crippen LogP contribution in [0.1, 0.15) is 19.7 Å². The predicted octanol–water partition coefficient (Wildman–Crippen LogP) is 2.35. The largest absolute Gasteiger partial charge is 0.389 e. The number of aliphatic hydroxyl groups is 1. The van der Waals surface area contributed by atoms with Gasteiger partial charge in [-0.2, -0.15) is 0 Å². The van der Waals surface area contributed by atoms with Crippen LogP contribution < -0.4 is 5.32 Å². The van der Waals surface area contributed by atoms with Crippen molar-refractivity contribution in [2.75, 3.05) is 19.8 Å². The van der Waals surface area contributed by atoms with E-state index in [2.05, 4.69) is 24.1 Å². The average molecular weight is 326 g/mol. The molecule has 0 aliphatic carbocycles. The van der Waals surface area contributed by atoms with E-state index in [1.807, 2.05) is 29.8 Å². The van der Waals surface area contributed by atoms with Gasteiger partial charge in [0.2, 0.25) is 0 Å². The molecule has 22 heavy (non-hydrogen) atoms. The monoisotopic (exact) mass is 325 g/mol. The summed E-state index contributed by atoms with van der Waals surface area (Å²) in [5.74, 6) is 1.39. The Morgan fingerprint density at radius 1 is 1.36 bits per heavy atom. The molecule has 0 saturated heterocycles. The van der Waals surface area contributed by atoms with Crippen molar-refractivity contribution >= 4 is 22.6 Å². The first-order valence-electron chi connectivity index (χ1n) is 7.54. The van der Waals surface area contributed by atoms with Crippen LogP contribution in [0.5, 0.6) is 0 Å². The van der Waals surface area contributed by atoms with Gasteiger partial charge >= 0.3 is 0 Å². The van der Waals surface area contributed by atoms with Crippen LogP contribution in [0.2, 0.25) is 5.02 Å². The van der Waals surface area contributed by atoms with Gasteiger partial charge in [0.25, 0.3) is 0 Å². The van der Waals surface area contributed by atoms with E-state index in [1.165, 1.54) is 0 Å². The fraction of sp³-hybridized carbons (Fsp3) is 0.562. The highest BCUT2D eigenvalue weighted by Gasteiger charge is 2.09. The number of aliphatic hydroxyl groups excluding tert-OH is 1. The van der Waals surface area contributed by atoms with Crippen molar-refractivity contribution in [1.82, 2.24) is 14.9 Å². The fourth-order valence-corrected chi connectivity index (χ4v) is 2.40. The third-order valence-corrected chi connectivity index (χ3v) is 3.60. The van der Waals surface area contributed by atoms with E-state index in [9.17, 15) is 5.11 Å². The van der Waals surface area contributed by atoms with Crippen molar-refractivity contribution in [1.29, 1.82) is 0 Å². The zero-order valence-electron chi connectivity index (χ0n) is 13.3. The number of hydrogen-bond donors (Lipinski definition) is 2. The van der Waals surface area contributed by atoms with Gasteiger partial charge in [-0.1, -0.05) is 25.4 Å². The first-order chi connectivity index (χ1) is 10.5. The highest BCUT2D eigenvalue weighted by molar-refractivity contribution is 6.31. The summed E-state index contributed by atoms with van der Waals surface area (Å²) in [4.78, 5) is 4.56. The molecule has 1 aromatic heterocycles. The maximum absolute atomic E-state index is 9.85. The minimum absolute atomic E-state index is 0.351. The van der Waals surface area contributed by atoms with E-state index < -0.39 is 6.10 Å². The van der Waals surface area contributed by atoms with Gasteiger partial charge in [0.1, 0.15) is 5.82 Å². The maximum atomic E-state index is 9.85. The Balaban J connectivity index is 1.83. The average Bonchev–Trinajstić information content (AvgIpc) is 2.74. The van der Waals surface area contributed by atoms with Gasteiger partial charge in [-0.05, 0) is 24.1 Å². The van der Waals surface area contributed by atoms with Crippen LogP contribution in [-0.4, -0.2) is 40.5 Å². The molecule has 0 fully saturated rings. The summed E-state index contributed by atoms with van der Waals surface area (Å²) in [7, 11) is 1.97. The fourth-order valence-electron chi connectivity index (χ4n) is 2.23. The Morgan fingerprint density at radius 2 is 2.14 bits per heavy atom. The minimum Gasteiger partial charge on any atom is -0.389 e. The zero-order valence-corrected chi connectivity index (χ0v) is 14.1. The number of ether oxygens (including phenoxy) is 1. The number of hydrogen-bond acceptors (Lipinski definition) is 4. The lowest BCUT2D eigenvalue weighted by Crippen LogP contribution is -2.31. The second-order valence-corrected chi connectivity index (χ2v) is 6.37. The number of fused-ring (bicyclic) bond motifs is 1. The van der Waals surface area contributed by atoms with E-state index in [0.717, 1.165) is 16.9 Å². The molecular formula is C16H24ClN3O2. The maximum Gasteiger partial charge on any atom is 0.123 e. The Bertz CT molecular complexity index is 613. The Hall–Kier alpha value is -1.14. The number of halogens is 1. The van der Waals surface area contributed by atoms with Crippen molar-refractivity contribution in [3.05, 3.63) is 29.0 Å². The smallest absolute Gasteiger partial charge is 0.123 e. The van der Waals surface area contributed by atoms with Gasteiger partial charge in [0.05, 0.1) is 30.3 Å². The van der Waals surface area contributed by atoms with Crippen LogP contribution in [0.4, 0.5) is 0 Å². The van der Waals surface area contributed by atoms with Gasteiger partial charge in [-0.15, -0.1) is 0 Å². The van der Waals surface area contributed by atoms with Crippen molar-refractivity contribution in [2.45, 2.75) is 26.5 Å². The normalized spacial score (nSPS) is 13.2. The Kier molecular flexibility index (Phi) is 6.20. The molecule has 2 rings (SSSR count). The van der Waals surface area contributed by atoms with E-state index in [4.69, 9.17) is 16.3 Å². The standard InChI is InChI=1S/C16H24ClN3O2/c1-11(2)9-22-10-13(21)7-18-8-16-19-14-6-12(17)4-5-15(14)20(16)3/h4-6,11,13,18,21H,7-10H2,1-3H3. The molecule has 1 heterocycles. The minimum atomic E-state index is -0.511. The quantitative estimate of drug-likeness (QED) is 0.782. The molecule has 0 saturated carbocycles. The molecule has 0 radical (unpaired) electrons. The molecule has 5 nitrogen and oxygen atoms in total. The summed E-state index contributed by atoms with van der Waals surface area (Å²) >= 11 is 5.99. The van der Waals surface area contributed by atoms with Gasteiger partial charge in [0.15, 0.2) is 0 Å². The summed E-state index contributed by atoms with van der Waals surface area (Å²) in [5.41, 5.74) is 1.93. The summed E-state index contributed by atoms with van der Waals surface area (Å²) in [5, 5.41) is 13.7. The first-order valence-corrected chi connectivity index (χ1v) is 7.92. The van der Waals surface area contributed by atoms with Crippen molar-refractivity contribution in [3.63, 3.8) is 0 Å². The molecule has 0 aliphatic rings. The van der Waals surface area contributed by atoms with Crippen molar-refractivity contribution in [3.8, 4) is 0 Å². The molecule has 2 aromatic rings. The van der Waals surface area contributed by atoms with E-state index in [1.54, 1.807) is 0 Å². The molecule has 0 aliphatic heterocycles. The first kappa shape index (κ1) is 17.2. The van der Waals surface area contributed by atoms with Crippen molar-refractivity contribution in [2.24, 2.45) is 13.0 Å². The molecule has 122 valence electrons. The van der Waals surface area contributed by atoms with Crippen LogP contribution in [-0.2, 0) is 18.3 Å². The molecule has 0 bridgehead atoms. The van der Waals surface area contributed by atoms with Crippen LogP contribution in [0.15, 0.2) is 18.2 Å². The molecule has 0 amide bonds. The number of benzene rings is 1. The highest BCUT2D eigenvalue weighted by Crippen LogP contribution is 2.19. The molecule has 2 N–H and O–H groups in total. The molecule has 0 spiro atoms.